The van der Waals surface area contributed by atoms with Crippen LogP contribution in [-0.2, 0) is 23.2 Å². The number of nitrogens with zero attached hydrogens (tertiary/aromatic N) is 3. The third kappa shape index (κ3) is 2.94. The summed E-state index contributed by atoms with van der Waals surface area (Å²) in [6.45, 7) is 0.825. The van der Waals surface area contributed by atoms with Crippen molar-refractivity contribution in [2.45, 2.75) is 37.9 Å². The first-order valence-corrected chi connectivity index (χ1v) is 5.89. The number of alkyl halides is 2. The first kappa shape index (κ1) is 12.9. The molecule has 1 rings (SSSR count). The molecule has 5 nitrogen and oxygen atoms in total. The summed E-state index contributed by atoms with van der Waals surface area (Å²) in [7, 11) is -5.12. The van der Waals surface area contributed by atoms with Gasteiger partial charge in [-0.25, -0.2) is 8.78 Å². The Morgan fingerprint density at radius 1 is 1.38 bits per heavy atom. The Morgan fingerprint density at radius 3 is 2.44 bits per heavy atom. The lowest BCUT2D eigenvalue weighted by Crippen LogP contribution is -2.15. The van der Waals surface area contributed by atoms with Crippen molar-refractivity contribution in [3.63, 3.8) is 0 Å². The number of hydrogen-bond acceptors (Lipinski definition) is 4. The van der Waals surface area contributed by atoms with Crippen LogP contribution in [0.3, 0.4) is 0 Å². The topological polar surface area (TPSA) is 64.8 Å². The van der Waals surface area contributed by atoms with Crippen LogP contribution in [0.5, 0.6) is 0 Å². The molecule has 0 aliphatic heterocycles. The van der Waals surface area contributed by atoms with E-state index >= 15 is 0 Å². The molecule has 16 heavy (non-hydrogen) atoms. The average Bonchev–Trinajstić information content (AvgIpc) is 2.47. The van der Waals surface area contributed by atoms with E-state index in [9.17, 15) is 21.1 Å². The molecule has 9 heteroatoms. The van der Waals surface area contributed by atoms with Crippen molar-refractivity contribution >= 4 is 10.2 Å². The molecule has 0 aliphatic carbocycles. The third-order valence-electron chi connectivity index (χ3n) is 1.81. The van der Waals surface area contributed by atoms with Gasteiger partial charge in [0.1, 0.15) is 5.82 Å². The molecule has 0 atom stereocenters. The lowest BCUT2D eigenvalue weighted by atomic mass is 10.3. The van der Waals surface area contributed by atoms with Gasteiger partial charge in [0, 0.05) is 6.42 Å². The van der Waals surface area contributed by atoms with Gasteiger partial charge in [0.25, 0.3) is 11.6 Å². The number of aromatic nitrogens is 3. The van der Waals surface area contributed by atoms with E-state index in [1.807, 2.05) is 0 Å². The van der Waals surface area contributed by atoms with Crippen LogP contribution in [0.15, 0.2) is 5.16 Å². The quantitative estimate of drug-likeness (QED) is 0.742. The largest absolute Gasteiger partial charge is 0.368 e. The molecular weight excluding hydrogens is 247 g/mol. The number of hydrogen-bond donors (Lipinski definition) is 0. The van der Waals surface area contributed by atoms with Gasteiger partial charge in [-0.2, -0.15) is 8.42 Å². The molecule has 0 unspecified atom stereocenters. The molecule has 0 N–H and O–H groups in total. The molecular formula is C7H10F3N3O2S. The van der Waals surface area contributed by atoms with E-state index in [1.54, 1.807) is 6.92 Å². The first-order chi connectivity index (χ1) is 7.36. The molecule has 1 aromatic rings. The molecule has 0 spiro atoms. The molecule has 92 valence electrons. The minimum atomic E-state index is -5.12. The maximum Gasteiger partial charge on any atom is 0.368 e. The summed E-state index contributed by atoms with van der Waals surface area (Å²) in [5, 5.41) is 5.40. The van der Waals surface area contributed by atoms with Crippen molar-refractivity contribution in [2.75, 3.05) is 0 Å². The van der Waals surface area contributed by atoms with Gasteiger partial charge in [-0.05, 0) is 6.42 Å². The highest BCUT2D eigenvalue weighted by atomic mass is 32.3. The van der Waals surface area contributed by atoms with Gasteiger partial charge >= 0.3 is 10.2 Å². The summed E-state index contributed by atoms with van der Waals surface area (Å²) in [6, 6.07) is 0. The average molecular weight is 257 g/mol. The zero-order chi connectivity index (χ0) is 12.3. The number of aryl methyl sites for hydroxylation is 1. The monoisotopic (exact) mass is 257 g/mol. The fourth-order valence-electron chi connectivity index (χ4n) is 1.23. The van der Waals surface area contributed by atoms with Crippen LogP contribution in [0.25, 0.3) is 0 Å². The van der Waals surface area contributed by atoms with E-state index in [-0.39, 0.29) is 12.2 Å². The summed E-state index contributed by atoms with van der Waals surface area (Å²) >= 11 is 0. The number of rotatable bonds is 5. The predicted octanol–water partition coefficient (Wildman–Crippen LogP) is 1.15. The molecule has 1 heterocycles. The van der Waals surface area contributed by atoms with Crippen molar-refractivity contribution in [3.8, 4) is 0 Å². The van der Waals surface area contributed by atoms with Crippen LogP contribution >= 0.6 is 0 Å². The van der Waals surface area contributed by atoms with Gasteiger partial charge in [-0.3, -0.25) is 4.57 Å². The van der Waals surface area contributed by atoms with Crippen LogP contribution in [0.4, 0.5) is 12.7 Å². The molecule has 0 amide bonds. The maximum atomic E-state index is 12.7. The lowest BCUT2D eigenvalue weighted by molar-refractivity contribution is 0.121. The van der Waals surface area contributed by atoms with E-state index in [2.05, 4.69) is 10.2 Å². The highest BCUT2D eigenvalue weighted by molar-refractivity contribution is 7.86. The Bertz CT molecular complexity index is 457. The minimum Gasteiger partial charge on any atom is -0.294 e. The fourth-order valence-corrected chi connectivity index (χ4v) is 1.81. The second-order valence-corrected chi connectivity index (χ2v) is 4.33. The van der Waals surface area contributed by atoms with Crippen LogP contribution in [0, 0.1) is 0 Å². The fraction of sp³-hybridized carbons (Fsp3) is 0.714. The van der Waals surface area contributed by atoms with Gasteiger partial charge in [0.2, 0.25) is 0 Å². The molecule has 0 fully saturated rings. The van der Waals surface area contributed by atoms with Crippen molar-refractivity contribution in [2.24, 2.45) is 0 Å². The summed E-state index contributed by atoms with van der Waals surface area (Å²) < 4.78 is 58.9. The molecule has 0 saturated heterocycles. The zero-order valence-corrected chi connectivity index (χ0v) is 9.22. The molecule has 1 aromatic heterocycles. The first-order valence-electron chi connectivity index (χ1n) is 4.51. The van der Waals surface area contributed by atoms with Gasteiger partial charge in [-0.1, -0.05) is 10.8 Å². The Kier molecular flexibility index (Phi) is 3.89. The van der Waals surface area contributed by atoms with E-state index in [1.165, 1.54) is 0 Å². The summed E-state index contributed by atoms with van der Waals surface area (Å²) in [5.41, 5.74) is 0. The third-order valence-corrected chi connectivity index (χ3v) is 2.54. The number of halogens is 3. The molecule has 0 aromatic carbocycles. The molecule has 0 bridgehead atoms. The van der Waals surface area contributed by atoms with Crippen molar-refractivity contribution in [1.29, 1.82) is 0 Å². The Balaban J connectivity index is 3.19. The lowest BCUT2D eigenvalue weighted by Gasteiger charge is -2.06. The molecule has 0 saturated carbocycles. The van der Waals surface area contributed by atoms with E-state index < -0.39 is 28.3 Å². The second-order valence-electron chi connectivity index (χ2n) is 3.09. The smallest absolute Gasteiger partial charge is 0.294 e. The standard InChI is InChI=1S/C7H10F3N3O2S/c1-2-3-6-11-12-7(16(10,14)15)13(6)4-5(8)9/h5H,2-4H2,1H3. The van der Waals surface area contributed by atoms with Gasteiger partial charge < -0.3 is 0 Å². The predicted molar refractivity (Wildman–Crippen MR) is 48.3 cm³/mol. The highest BCUT2D eigenvalue weighted by Gasteiger charge is 2.25. The summed E-state index contributed by atoms with van der Waals surface area (Å²) in [4.78, 5) is 0. The van der Waals surface area contributed by atoms with Crippen molar-refractivity contribution in [1.82, 2.24) is 14.8 Å². The highest BCUT2D eigenvalue weighted by Crippen LogP contribution is 2.14. The van der Waals surface area contributed by atoms with Gasteiger partial charge in [-0.15, -0.1) is 10.2 Å². The Morgan fingerprint density at radius 2 is 2.00 bits per heavy atom. The van der Waals surface area contributed by atoms with Crippen LogP contribution in [-0.4, -0.2) is 29.6 Å². The second kappa shape index (κ2) is 4.81. The SMILES string of the molecule is CCCc1nnc(S(=O)(=O)F)n1CC(F)F. The molecule has 0 radical (unpaired) electrons. The Labute approximate surface area is 90.5 Å². The van der Waals surface area contributed by atoms with Crippen LogP contribution < -0.4 is 0 Å². The normalized spacial score (nSPS) is 12.3. The van der Waals surface area contributed by atoms with E-state index in [0.29, 0.717) is 11.0 Å². The summed E-state index contributed by atoms with van der Waals surface area (Å²) in [6.07, 6.45) is -1.98. The maximum absolute atomic E-state index is 12.7. The minimum absolute atomic E-state index is 0.0408. The van der Waals surface area contributed by atoms with E-state index in [0.717, 1.165) is 0 Å². The Hall–Kier alpha value is -1.12. The molecule has 0 aliphatic rings. The van der Waals surface area contributed by atoms with E-state index in [4.69, 9.17) is 0 Å². The summed E-state index contributed by atoms with van der Waals surface area (Å²) in [5.74, 6) is 0.0408. The van der Waals surface area contributed by atoms with Gasteiger partial charge in [0.15, 0.2) is 0 Å². The van der Waals surface area contributed by atoms with Crippen LogP contribution in [0.2, 0.25) is 0 Å². The van der Waals surface area contributed by atoms with Crippen molar-refractivity contribution in [3.05, 3.63) is 5.82 Å². The van der Waals surface area contributed by atoms with Crippen molar-refractivity contribution < 1.29 is 21.1 Å². The van der Waals surface area contributed by atoms with Gasteiger partial charge in [0.05, 0.1) is 6.54 Å². The zero-order valence-electron chi connectivity index (χ0n) is 8.40. The van der Waals surface area contributed by atoms with Crippen LogP contribution in [0.1, 0.15) is 19.2 Å².